The predicted molar refractivity (Wildman–Crippen MR) is 71.9 cm³/mol. The number of phosphoric acid groups is 1. The fourth-order valence-electron chi connectivity index (χ4n) is 1.40. The molecule has 9 nitrogen and oxygen atoms in total. The number of aromatic nitrogens is 1. The van der Waals surface area contributed by atoms with E-state index in [1.807, 2.05) is 0 Å². The number of hydrogen-bond donors (Lipinski definition) is 4. The van der Waals surface area contributed by atoms with Crippen LogP contribution in [0.2, 0.25) is 0 Å². The van der Waals surface area contributed by atoms with Crippen LogP contribution in [0, 0.1) is 6.92 Å². The number of carboxylic acids is 1. The van der Waals surface area contributed by atoms with Crippen LogP contribution in [0.25, 0.3) is 0 Å². The van der Waals surface area contributed by atoms with Gasteiger partial charge in [-0.2, -0.15) is 0 Å². The number of carbonyl (C=O) groups is 1. The molecule has 1 aromatic rings. The van der Waals surface area contributed by atoms with Crippen LogP contribution in [0.3, 0.4) is 0 Å². The summed E-state index contributed by atoms with van der Waals surface area (Å²) >= 11 is 0. The van der Waals surface area contributed by atoms with Crippen molar-refractivity contribution in [2.75, 3.05) is 0 Å². The summed E-state index contributed by atoms with van der Waals surface area (Å²) in [5, 5.41) is 18.7. The number of rotatable bonds is 6. The van der Waals surface area contributed by atoms with Gasteiger partial charge in [0, 0.05) is 17.3 Å². The van der Waals surface area contributed by atoms with Gasteiger partial charge in [0.2, 0.25) is 0 Å². The van der Waals surface area contributed by atoms with Crippen molar-refractivity contribution >= 4 is 19.5 Å². The highest BCUT2D eigenvalue weighted by molar-refractivity contribution is 7.46. The zero-order chi connectivity index (χ0) is 16.2. The molecule has 0 atom stereocenters. The molecule has 0 aromatic carbocycles. The Morgan fingerprint density at radius 1 is 1.48 bits per heavy atom. The van der Waals surface area contributed by atoms with Crippen LogP contribution in [0.15, 0.2) is 11.2 Å². The van der Waals surface area contributed by atoms with Crippen molar-refractivity contribution in [2.24, 2.45) is 4.99 Å². The average molecular weight is 318 g/mol. The van der Waals surface area contributed by atoms with Gasteiger partial charge in [-0.1, -0.05) is 0 Å². The van der Waals surface area contributed by atoms with E-state index in [9.17, 15) is 14.5 Å². The number of aliphatic carboxylic acids is 1. The lowest BCUT2D eigenvalue weighted by Crippen LogP contribution is -2.09. The first-order chi connectivity index (χ1) is 9.61. The smallest absolute Gasteiger partial charge is 0.469 e. The van der Waals surface area contributed by atoms with Gasteiger partial charge < -0.3 is 20.0 Å². The van der Waals surface area contributed by atoms with Crippen LogP contribution in [-0.2, 0) is 27.0 Å². The molecule has 21 heavy (non-hydrogen) atoms. The van der Waals surface area contributed by atoms with Gasteiger partial charge in [0.05, 0.1) is 18.8 Å². The second-order valence-electron chi connectivity index (χ2n) is 4.17. The Morgan fingerprint density at radius 3 is 2.62 bits per heavy atom. The molecular weight excluding hydrogens is 303 g/mol. The van der Waals surface area contributed by atoms with E-state index >= 15 is 0 Å². The van der Waals surface area contributed by atoms with Crippen LogP contribution in [0.4, 0.5) is 0 Å². The second-order valence-corrected chi connectivity index (χ2v) is 5.41. The number of nitrogens with zero attached hydrogens (tertiary/aromatic N) is 2. The SMILES string of the molecule is CC(=NCc1c(COP(=O)(O)O)cnc(C)c1O)C(=O)O. The topological polar surface area (TPSA) is 150 Å². The number of hydrogen-bond acceptors (Lipinski definition) is 6. The van der Waals surface area contributed by atoms with Crippen molar-refractivity contribution < 1.29 is 33.9 Å². The number of aryl methyl sites for hydroxylation is 1. The highest BCUT2D eigenvalue weighted by atomic mass is 31.2. The molecule has 0 saturated carbocycles. The quantitative estimate of drug-likeness (QED) is 0.443. The highest BCUT2D eigenvalue weighted by Gasteiger charge is 2.18. The molecule has 0 saturated heterocycles. The molecule has 0 fully saturated rings. The van der Waals surface area contributed by atoms with E-state index in [0.29, 0.717) is 0 Å². The lowest BCUT2D eigenvalue weighted by atomic mass is 10.1. The number of pyridine rings is 1. The van der Waals surface area contributed by atoms with Crippen LogP contribution < -0.4 is 0 Å². The molecule has 4 N–H and O–H groups in total. The van der Waals surface area contributed by atoms with Crippen LogP contribution >= 0.6 is 7.82 Å². The van der Waals surface area contributed by atoms with Crippen molar-refractivity contribution in [3.8, 4) is 5.75 Å². The van der Waals surface area contributed by atoms with E-state index in [0.717, 1.165) is 0 Å². The maximum atomic E-state index is 10.7. The van der Waals surface area contributed by atoms with Crippen LogP contribution in [-0.4, -0.2) is 36.7 Å². The summed E-state index contributed by atoms with van der Waals surface area (Å²) in [6.45, 7) is 2.16. The minimum atomic E-state index is -4.67. The Morgan fingerprint density at radius 2 is 2.10 bits per heavy atom. The van der Waals surface area contributed by atoms with Crippen LogP contribution in [0.1, 0.15) is 23.7 Å². The molecule has 0 amide bonds. The summed E-state index contributed by atoms with van der Waals surface area (Å²) in [6, 6.07) is 0. The van der Waals surface area contributed by atoms with Crippen molar-refractivity contribution in [3.63, 3.8) is 0 Å². The molecule has 1 aromatic heterocycles. The van der Waals surface area contributed by atoms with Gasteiger partial charge in [-0.25, -0.2) is 9.36 Å². The molecule has 10 heteroatoms. The summed E-state index contributed by atoms with van der Waals surface area (Å²) in [7, 11) is -4.67. The van der Waals surface area contributed by atoms with Crippen molar-refractivity contribution in [2.45, 2.75) is 27.0 Å². The van der Waals surface area contributed by atoms with Gasteiger partial charge in [-0.05, 0) is 13.8 Å². The molecule has 0 spiro atoms. The zero-order valence-corrected chi connectivity index (χ0v) is 12.2. The number of carboxylic acid groups (broad SMARTS) is 1. The van der Waals surface area contributed by atoms with Gasteiger partial charge in [0.25, 0.3) is 0 Å². The third-order valence-corrected chi connectivity index (χ3v) is 3.07. The Kier molecular flexibility index (Phi) is 5.56. The van der Waals surface area contributed by atoms with E-state index in [1.54, 1.807) is 0 Å². The van der Waals surface area contributed by atoms with E-state index in [-0.39, 0.29) is 34.8 Å². The monoisotopic (exact) mass is 318 g/mol. The number of aliphatic imine (C=N–C) groups is 1. The second kappa shape index (κ2) is 6.77. The van der Waals surface area contributed by atoms with Crippen molar-refractivity contribution in [1.82, 2.24) is 4.98 Å². The zero-order valence-electron chi connectivity index (χ0n) is 11.3. The summed E-state index contributed by atoms with van der Waals surface area (Å²) in [4.78, 5) is 35.7. The minimum absolute atomic E-state index is 0.161. The molecule has 0 radical (unpaired) electrons. The maximum absolute atomic E-state index is 10.7. The fraction of sp³-hybridized carbons (Fsp3) is 0.364. The Balaban J connectivity index is 3.09. The van der Waals surface area contributed by atoms with Crippen molar-refractivity contribution in [1.29, 1.82) is 0 Å². The molecule has 116 valence electrons. The first-order valence-electron chi connectivity index (χ1n) is 5.72. The predicted octanol–water partition coefficient (Wildman–Crippen LogP) is 0.750. The molecule has 0 bridgehead atoms. The third-order valence-electron chi connectivity index (χ3n) is 2.60. The first kappa shape index (κ1) is 17.3. The third kappa shape index (κ3) is 5.24. The molecule has 0 aliphatic heterocycles. The van der Waals surface area contributed by atoms with Gasteiger partial charge in [-0.15, -0.1) is 0 Å². The molecule has 0 unspecified atom stereocenters. The summed E-state index contributed by atoms with van der Waals surface area (Å²) < 4.78 is 15.1. The number of aromatic hydroxyl groups is 1. The lowest BCUT2D eigenvalue weighted by molar-refractivity contribution is -0.129. The van der Waals surface area contributed by atoms with E-state index in [4.69, 9.17) is 14.9 Å². The minimum Gasteiger partial charge on any atom is -0.506 e. The maximum Gasteiger partial charge on any atom is 0.469 e. The van der Waals surface area contributed by atoms with Crippen LogP contribution in [0.5, 0.6) is 5.75 Å². The summed E-state index contributed by atoms with van der Waals surface area (Å²) in [5.74, 6) is -1.42. The standard InChI is InChI=1S/C11H15N2O7P/c1-6-10(14)9(4-13-7(2)11(15)16)8(3-12-6)5-20-21(17,18)19/h3,14H,4-5H2,1-2H3,(H,15,16)(H2,17,18,19). The Hall–Kier alpha value is -1.80. The van der Waals surface area contributed by atoms with Crippen molar-refractivity contribution in [3.05, 3.63) is 23.0 Å². The molecular formula is C11H15N2O7P. The normalized spacial score (nSPS) is 12.5. The summed E-state index contributed by atoms with van der Waals surface area (Å²) in [6.07, 6.45) is 1.28. The van der Waals surface area contributed by atoms with Gasteiger partial charge in [0.15, 0.2) is 0 Å². The van der Waals surface area contributed by atoms with Gasteiger partial charge >= 0.3 is 13.8 Å². The fourth-order valence-corrected chi connectivity index (χ4v) is 1.71. The molecule has 1 heterocycles. The molecule has 0 aliphatic carbocycles. The average Bonchev–Trinajstić information content (AvgIpc) is 2.37. The highest BCUT2D eigenvalue weighted by Crippen LogP contribution is 2.38. The van der Waals surface area contributed by atoms with Gasteiger partial charge in [0.1, 0.15) is 11.5 Å². The van der Waals surface area contributed by atoms with Gasteiger partial charge in [-0.3, -0.25) is 14.5 Å². The lowest BCUT2D eigenvalue weighted by Gasteiger charge is -2.12. The Bertz CT molecular complexity index is 623. The van der Waals surface area contributed by atoms with E-state index in [1.165, 1.54) is 20.0 Å². The first-order valence-corrected chi connectivity index (χ1v) is 7.25. The van der Waals surface area contributed by atoms with E-state index in [2.05, 4.69) is 14.5 Å². The Labute approximate surface area is 120 Å². The van der Waals surface area contributed by atoms with E-state index < -0.39 is 20.4 Å². The largest absolute Gasteiger partial charge is 0.506 e. The molecule has 0 aliphatic rings. The number of phosphoric ester groups is 1. The molecule has 1 rings (SSSR count). The summed E-state index contributed by atoms with van der Waals surface area (Å²) in [5.41, 5.74) is 0.541.